The van der Waals surface area contributed by atoms with Gasteiger partial charge in [-0.1, -0.05) is 56.3 Å². The summed E-state index contributed by atoms with van der Waals surface area (Å²) >= 11 is 0. The van der Waals surface area contributed by atoms with E-state index in [1.54, 1.807) is 0 Å². The van der Waals surface area contributed by atoms with Crippen LogP contribution in [0.2, 0.25) is 0 Å². The summed E-state index contributed by atoms with van der Waals surface area (Å²) in [6.45, 7) is 4.77. The highest BCUT2D eigenvalue weighted by molar-refractivity contribution is 7.88. The molecule has 0 radical (unpaired) electrons. The van der Waals surface area contributed by atoms with Crippen molar-refractivity contribution in [3.8, 4) is 0 Å². The predicted molar refractivity (Wildman–Crippen MR) is 134 cm³/mol. The third-order valence-corrected chi connectivity index (χ3v) is 8.82. The largest absolute Gasteiger partial charge is 0.379 e. The molecule has 188 valence electrons. The molecular formula is C24H34FN3O4S2. The summed E-state index contributed by atoms with van der Waals surface area (Å²) in [7, 11) is -6.91. The van der Waals surface area contributed by atoms with Crippen molar-refractivity contribution < 1.29 is 21.2 Å². The summed E-state index contributed by atoms with van der Waals surface area (Å²) in [5.74, 6) is 0.121. The zero-order valence-electron chi connectivity index (χ0n) is 19.9. The average Bonchev–Trinajstić information content (AvgIpc) is 2.75. The molecule has 1 heterocycles. The van der Waals surface area contributed by atoms with Gasteiger partial charge in [0, 0.05) is 31.9 Å². The van der Waals surface area contributed by atoms with Crippen molar-refractivity contribution in [2.75, 3.05) is 31.2 Å². The number of anilines is 1. The Labute approximate surface area is 203 Å². The molecule has 2 unspecified atom stereocenters. The number of hydrogen-bond acceptors (Lipinski definition) is 5. The monoisotopic (exact) mass is 511 g/mol. The van der Waals surface area contributed by atoms with E-state index < -0.39 is 32.3 Å². The van der Waals surface area contributed by atoms with Gasteiger partial charge in [0.05, 0.1) is 18.1 Å². The van der Waals surface area contributed by atoms with E-state index >= 15 is 0 Å². The molecule has 1 aliphatic heterocycles. The molecule has 1 N–H and O–H groups in total. The quantitative estimate of drug-likeness (QED) is 0.528. The van der Waals surface area contributed by atoms with Gasteiger partial charge in [-0.15, -0.1) is 0 Å². The van der Waals surface area contributed by atoms with E-state index in [2.05, 4.69) is 5.32 Å². The molecular weight excluding hydrogens is 477 g/mol. The second kappa shape index (κ2) is 11.2. The molecule has 2 aromatic carbocycles. The van der Waals surface area contributed by atoms with E-state index in [0.29, 0.717) is 18.7 Å². The lowest BCUT2D eigenvalue weighted by atomic mass is 10.0. The fraction of sp³-hybridized carbons (Fsp3) is 0.500. The normalized spacial score (nSPS) is 20.1. The molecule has 3 rings (SSSR count). The highest BCUT2D eigenvalue weighted by Crippen LogP contribution is 2.22. The number of benzene rings is 2. The first-order valence-corrected chi connectivity index (χ1v) is 14.9. The molecule has 10 heteroatoms. The van der Waals surface area contributed by atoms with Crippen molar-refractivity contribution in [3.05, 3.63) is 65.7 Å². The lowest BCUT2D eigenvalue weighted by Crippen LogP contribution is -2.49. The Balaban J connectivity index is 1.65. The van der Waals surface area contributed by atoms with Crippen molar-refractivity contribution >= 4 is 25.7 Å². The van der Waals surface area contributed by atoms with Crippen LogP contribution in [-0.4, -0.2) is 63.5 Å². The van der Waals surface area contributed by atoms with E-state index in [4.69, 9.17) is 0 Å². The fourth-order valence-corrected chi connectivity index (χ4v) is 6.54. The maximum absolute atomic E-state index is 14.6. The van der Waals surface area contributed by atoms with Gasteiger partial charge >= 0.3 is 0 Å². The van der Waals surface area contributed by atoms with E-state index in [-0.39, 0.29) is 31.3 Å². The van der Waals surface area contributed by atoms with Crippen molar-refractivity contribution in [2.24, 2.45) is 5.92 Å². The number of hydrogen-bond donors (Lipinski definition) is 1. The molecule has 0 amide bonds. The summed E-state index contributed by atoms with van der Waals surface area (Å²) in [6.07, 6.45) is 0.151. The van der Waals surface area contributed by atoms with Crippen LogP contribution in [0.1, 0.15) is 31.4 Å². The van der Waals surface area contributed by atoms with Crippen molar-refractivity contribution in [2.45, 2.75) is 44.8 Å². The van der Waals surface area contributed by atoms with Crippen LogP contribution in [0.15, 0.2) is 54.6 Å². The zero-order valence-corrected chi connectivity index (χ0v) is 21.5. The van der Waals surface area contributed by atoms with Crippen LogP contribution in [0.4, 0.5) is 10.1 Å². The second-order valence-corrected chi connectivity index (χ2v) is 13.3. The Kier molecular flexibility index (Phi) is 8.72. The lowest BCUT2D eigenvalue weighted by molar-refractivity contribution is 0.187. The third kappa shape index (κ3) is 7.49. The topological polar surface area (TPSA) is 86.8 Å². The number of nitrogens with zero attached hydrogens (tertiary/aromatic N) is 2. The first kappa shape index (κ1) is 26.6. The Morgan fingerprint density at radius 3 is 2.24 bits per heavy atom. The molecule has 0 saturated carbocycles. The van der Waals surface area contributed by atoms with Gasteiger partial charge in [-0.25, -0.2) is 21.2 Å². The van der Waals surface area contributed by atoms with Gasteiger partial charge in [0.1, 0.15) is 6.17 Å². The van der Waals surface area contributed by atoms with Crippen LogP contribution < -0.4 is 5.32 Å². The van der Waals surface area contributed by atoms with Crippen molar-refractivity contribution in [1.29, 1.82) is 0 Å². The average molecular weight is 512 g/mol. The van der Waals surface area contributed by atoms with Crippen LogP contribution in [-0.2, 0) is 32.3 Å². The van der Waals surface area contributed by atoms with Crippen molar-refractivity contribution in [3.63, 3.8) is 0 Å². The molecule has 2 atom stereocenters. The number of piperidine rings is 1. The molecule has 2 aromatic rings. The van der Waals surface area contributed by atoms with Crippen LogP contribution in [0, 0.1) is 5.92 Å². The molecule has 0 aromatic heterocycles. The van der Waals surface area contributed by atoms with Crippen molar-refractivity contribution in [1.82, 2.24) is 8.61 Å². The van der Waals surface area contributed by atoms with E-state index in [9.17, 15) is 21.2 Å². The van der Waals surface area contributed by atoms with Crippen LogP contribution in [0.5, 0.6) is 0 Å². The Morgan fingerprint density at radius 1 is 1.03 bits per heavy atom. The molecule has 7 nitrogen and oxygen atoms in total. The number of alkyl halides is 1. The van der Waals surface area contributed by atoms with Gasteiger partial charge < -0.3 is 5.32 Å². The summed E-state index contributed by atoms with van der Waals surface area (Å²) < 4.78 is 66.8. The summed E-state index contributed by atoms with van der Waals surface area (Å²) in [6, 6.07) is 16.0. The minimum atomic E-state index is -3.51. The van der Waals surface area contributed by atoms with Crippen LogP contribution in [0.3, 0.4) is 0 Å². The number of rotatable bonds is 10. The fourth-order valence-electron chi connectivity index (χ4n) is 4.02. The van der Waals surface area contributed by atoms with Gasteiger partial charge in [-0.2, -0.15) is 8.61 Å². The molecule has 0 aliphatic carbocycles. The molecule has 1 aliphatic rings. The summed E-state index contributed by atoms with van der Waals surface area (Å²) in [5, 5.41) is 3.15. The maximum atomic E-state index is 14.6. The molecule has 1 saturated heterocycles. The number of nitrogens with one attached hydrogen (secondary N) is 1. The first-order valence-electron chi connectivity index (χ1n) is 11.4. The Hall–Kier alpha value is -2.01. The Bertz CT molecular complexity index is 1140. The van der Waals surface area contributed by atoms with Gasteiger partial charge in [-0.05, 0) is 35.6 Å². The minimum absolute atomic E-state index is 0.0513. The first-order chi connectivity index (χ1) is 15.9. The van der Waals surface area contributed by atoms with Gasteiger partial charge in [0.15, 0.2) is 0 Å². The standard InChI is InChI=1S/C24H34FN3O4S2/c1-19(2)15-28(34(31,32)18-21-7-5-4-6-8-21)16-20-9-11-22(12-10-20)26-24-13-14-27(17-23(24)25)33(3,29)30/h4-12,19,23-24,26H,13-18H2,1-3H3. The van der Waals surface area contributed by atoms with E-state index in [0.717, 1.165) is 21.7 Å². The van der Waals surface area contributed by atoms with Gasteiger partial charge in [0.25, 0.3) is 0 Å². The van der Waals surface area contributed by atoms with Gasteiger partial charge in [-0.3, -0.25) is 0 Å². The highest BCUT2D eigenvalue weighted by Gasteiger charge is 2.33. The SMILES string of the molecule is CC(C)CN(Cc1ccc(NC2CCN(S(C)(=O)=O)CC2F)cc1)S(=O)(=O)Cc1ccccc1. The third-order valence-electron chi connectivity index (χ3n) is 5.79. The number of sulfonamides is 2. The van der Waals surface area contributed by atoms with E-state index in [1.165, 1.54) is 4.31 Å². The van der Waals surface area contributed by atoms with Crippen LogP contribution >= 0.6 is 0 Å². The molecule has 34 heavy (non-hydrogen) atoms. The summed E-state index contributed by atoms with van der Waals surface area (Å²) in [4.78, 5) is 0. The zero-order chi connectivity index (χ0) is 24.9. The Morgan fingerprint density at radius 2 is 1.68 bits per heavy atom. The lowest BCUT2D eigenvalue weighted by Gasteiger charge is -2.34. The maximum Gasteiger partial charge on any atom is 0.218 e. The van der Waals surface area contributed by atoms with E-state index in [1.807, 2.05) is 68.4 Å². The summed E-state index contributed by atoms with van der Waals surface area (Å²) in [5.41, 5.74) is 2.30. The molecule has 1 fully saturated rings. The smallest absolute Gasteiger partial charge is 0.218 e. The number of halogens is 1. The predicted octanol–water partition coefficient (Wildman–Crippen LogP) is 3.46. The van der Waals surface area contributed by atoms with Crippen LogP contribution in [0.25, 0.3) is 0 Å². The minimum Gasteiger partial charge on any atom is -0.379 e. The highest BCUT2D eigenvalue weighted by atomic mass is 32.2. The van der Waals surface area contributed by atoms with Gasteiger partial charge in [0.2, 0.25) is 20.0 Å². The molecule has 0 spiro atoms. The second-order valence-electron chi connectivity index (χ2n) is 9.30. The molecule has 0 bridgehead atoms.